The van der Waals surface area contributed by atoms with E-state index in [1.54, 1.807) is 0 Å². The lowest BCUT2D eigenvalue weighted by Gasteiger charge is -2.27. The first-order valence-corrected chi connectivity index (χ1v) is 5.52. The second kappa shape index (κ2) is 5.13. The van der Waals surface area contributed by atoms with Crippen LogP contribution in [0.15, 0.2) is 0 Å². The van der Waals surface area contributed by atoms with Gasteiger partial charge in [-0.25, -0.2) is 0 Å². The van der Waals surface area contributed by atoms with Crippen LogP contribution in [0.4, 0.5) is 0 Å². The van der Waals surface area contributed by atoms with Gasteiger partial charge in [0.15, 0.2) is 0 Å². The van der Waals surface area contributed by atoms with Crippen molar-refractivity contribution < 1.29 is 4.74 Å². The zero-order valence-electron chi connectivity index (χ0n) is 10.7. The van der Waals surface area contributed by atoms with Crippen LogP contribution < -0.4 is 5.73 Å². The number of rotatable bonds is 4. The molecule has 0 saturated heterocycles. The van der Waals surface area contributed by atoms with Crippen LogP contribution in [0.1, 0.15) is 54.4 Å². The molecule has 86 valence electrons. The molecule has 0 fully saturated rings. The Kier molecular flexibility index (Phi) is 5.10. The third-order valence-electron chi connectivity index (χ3n) is 2.31. The van der Waals surface area contributed by atoms with Gasteiger partial charge in [0.2, 0.25) is 0 Å². The van der Waals surface area contributed by atoms with Crippen molar-refractivity contribution in [3.05, 3.63) is 0 Å². The largest absolute Gasteiger partial charge is 0.376 e. The van der Waals surface area contributed by atoms with Crippen LogP contribution in [0, 0.1) is 5.41 Å². The predicted molar refractivity (Wildman–Crippen MR) is 62.4 cm³/mol. The molecule has 2 N–H and O–H groups in total. The van der Waals surface area contributed by atoms with E-state index in [0.29, 0.717) is 0 Å². The van der Waals surface area contributed by atoms with Gasteiger partial charge in [0.25, 0.3) is 0 Å². The van der Waals surface area contributed by atoms with E-state index in [1.165, 1.54) is 0 Å². The number of hydrogen-bond acceptors (Lipinski definition) is 2. The van der Waals surface area contributed by atoms with Crippen LogP contribution >= 0.6 is 0 Å². The molecule has 1 atom stereocenters. The fourth-order valence-electron chi connectivity index (χ4n) is 1.11. The second-order valence-electron chi connectivity index (χ2n) is 6.08. The van der Waals surface area contributed by atoms with Gasteiger partial charge in [0, 0.05) is 12.6 Å². The molecule has 2 nitrogen and oxygen atoms in total. The third kappa shape index (κ3) is 7.34. The summed E-state index contributed by atoms with van der Waals surface area (Å²) in [5, 5.41) is 0. The van der Waals surface area contributed by atoms with E-state index in [4.69, 9.17) is 10.5 Å². The Morgan fingerprint density at radius 1 is 1.07 bits per heavy atom. The average Bonchev–Trinajstić information content (AvgIpc) is 1.93. The summed E-state index contributed by atoms with van der Waals surface area (Å²) >= 11 is 0. The Bertz CT molecular complexity index is 153. The van der Waals surface area contributed by atoms with Crippen molar-refractivity contribution in [1.29, 1.82) is 0 Å². The lowest BCUT2D eigenvalue weighted by molar-refractivity contribution is -0.00596. The van der Waals surface area contributed by atoms with Gasteiger partial charge in [-0.15, -0.1) is 0 Å². The molecule has 0 rings (SSSR count). The van der Waals surface area contributed by atoms with Crippen molar-refractivity contribution in [2.75, 3.05) is 6.61 Å². The summed E-state index contributed by atoms with van der Waals surface area (Å²) in [5.74, 6) is 0. The summed E-state index contributed by atoms with van der Waals surface area (Å²) < 4.78 is 5.64. The van der Waals surface area contributed by atoms with Crippen LogP contribution in [0.25, 0.3) is 0 Å². The molecule has 1 unspecified atom stereocenters. The summed E-state index contributed by atoms with van der Waals surface area (Å²) in [7, 11) is 0. The monoisotopic (exact) mass is 201 g/mol. The van der Waals surface area contributed by atoms with Gasteiger partial charge in [-0.3, -0.25) is 0 Å². The van der Waals surface area contributed by atoms with E-state index in [1.807, 2.05) is 0 Å². The SMILES string of the molecule is CC(C)(C)OCCCC(N)C(C)(C)C. The maximum Gasteiger partial charge on any atom is 0.0598 e. The van der Waals surface area contributed by atoms with Crippen LogP contribution in [-0.2, 0) is 4.74 Å². The fourth-order valence-corrected chi connectivity index (χ4v) is 1.11. The fraction of sp³-hybridized carbons (Fsp3) is 1.00. The molecule has 0 aromatic carbocycles. The quantitative estimate of drug-likeness (QED) is 0.710. The third-order valence-corrected chi connectivity index (χ3v) is 2.31. The summed E-state index contributed by atoms with van der Waals surface area (Å²) in [4.78, 5) is 0. The highest BCUT2D eigenvalue weighted by molar-refractivity contribution is 4.76. The molecule has 0 aliphatic heterocycles. The average molecular weight is 201 g/mol. The van der Waals surface area contributed by atoms with Gasteiger partial charge in [0.05, 0.1) is 5.60 Å². The van der Waals surface area contributed by atoms with E-state index >= 15 is 0 Å². The van der Waals surface area contributed by atoms with E-state index in [0.717, 1.165) is 19.4 Å². The van der Waals surface area contributed by atoms with E-state index < -0.39 is 0 Å². The Labute approximate surface area is 89.2 Å². The van der Waals surface area contributed by atoms with Gasteiger partial charge < -0.3 is 10.5 Å². The summed E-state index contributed by atoms with van der Waals surface area (Å²) in [5.41, 5.74) is 6.23. The van der Waals surface area contributed by atoms with Crippen molar-refractivity contribution in [2.24, 2.45) is 11.1 Å². The Hall–Kier alpha value is -0.0800. The van der Waals surface area contributed by atoms with Gasteiger partial charge in [-0.2, -0.15) is 0 Å². The Balaban J connectivity index is 3.56. The van der Waals surface area contributed by atoms with E-state index in [2.05, 4.69) is 41.5 Å². The Morgan fingerprint density at radius 3 is 1.93 bits per heavy atom. The first-order valence-electron chi connectivity index (χ1n) is 5.52. The summed E-state index contributed by atoms with van der Waals surface area (Å²) in [6.07, 6.45) is 2.09. The smallest absolute Gasteiger partial charge is 0.0598 e. The normalized spacial score (nSPS) is 15.6. The molecular formula is C12H27NO. The minimum absolute atomic E-state index is 0.0220. The molecule has 0 radical (unpaired) electrons. The number of hydrogen-bond donors (Lipinski definition) is 1. The van der Waals surface area contributed by atoms with Crippen molar-refractivity contribution in [2.45, 2.75) is 66.0 Å². The molecular weight excluding hydrogens is 174 g/mol. The van der Waals surface area contributed by atoms with Crippen LogP contribution in [-0.4, -0.2) is 18.2 Å². The van der Waals surface area contributed by atoms with E-state index in [-0.39, 0.29) is 17.1 Å². The molecule has 0 bridgehead atoms. The molecule has 0 aliphatic carbocycles. The molecule has 2 heteroatoms. The Morgan fingerprint density at radius 2 is 1.57 bits per heavy atom. The molecule has 0 heterocycles. The second-order valence-corrected chi connectivity index (χ2v) is 6.08. The van der Waals surface area contributed by atoms with Crippen LogP contribution in [0.3, 0.4) is 0 Å². The van der Waals surface area contributed by atoms with Gasteiger partial charge in [-0.1, -0.05) is 20.8 Å². The lowest BCUT2D eigenvalue weighted by atomic mass is 9.85. The number of nitrogens with two attached hydrogens (primary N) is 1. The minimum Gasteiger partial charge on any atom is -0.376 e. The molecule has 0 aromatic rings. The highest BCUT2D eigenvalue weighted by Crippen LogP contribution is 2.21. The van der Waals surface area contributed by atoms with Crippen LogP contribution in [0.2, 0.25) is 0 Å². The maximum absolute atomic E-state index is 6.05. The molecule has 0 aliphatic rings. The molecule has 0 amide bonds. The zero-order chi connectivity index (χ0) is 11.4. The summed E-state index contributed by atoms with van der Waals surface area (Å²) in [6.45, 7) is 13.6. The highest BCUT2D eigenvalue weighted by Gasteiger charge is 2.20. The standard InChI is InChI=1S/C12H27NO/c1-11(2,3)10(13)8-7-9-14-12(4,5)6/h10H,7-9,13H2,1-6H3. The highest BCUT2D eigenvalue weighted by atomic mass is 16.5. The van der Waals surface area contributed by atoms with Crippen molar-refractivity contribution in [3.8, 4) is 0 Å². The molecule has 14 heavy (non-hydrogen) atoms. The van der Waals surface area contributed by atoms with Gasteiger partial charge in [-0.05, 0) is 39.0 Å². The lowest BCUT2D eigenvalue weighted by Crippen LogP contribution is -2.35. The first-order chi connectivity index (χ1) is 6.13. The zero-order valence-corrected chi connectivity index (χ0v) is 10.7. The van der Waals surface area contributed by atoms with Crippen molar-refractivity contribution in [3.63, 3.8) is 0 Å². The topological polar surface area (TPSA) is 35.2 Å². The summed E-state index contributed by atoms with van der Waals surface area (Å²) in [6, 6.07) is 0.270. The van der Waals surface area contributed by atoms with E-state index in [9.17, 15) is 0 Å². The maximum atomic E-state index is 6.05. The molecule has 0 saturated carbocycles. The molecule has 0 aromatic heterocycles. The first kappa shape index (κ1) is 13.9. The van der Waals surface area contributed by atoms with Crippen molar-refractivity contribution in [1.82, 2.24) is 0 Å². The van der Waals surface area contributed by atoms with Crippen LogP contribution in [0.5, 0.6) is 0 Å². The van der Waals surface area contributed by atoms with Gasteiger partial charge >= 0.3 is 0 Å². The number of ether oxygens (including phenoxy) is 1. The molecule has 0 spiro atoms. The van der Waals surface area contributed by atoms with Gasteiger partial charge in [0.1, 0.15) is 0 Å². The predicted octanol–water partition coefficient (Wildman–Crippen LogP) is 2.96. The van der Waals surface area contributed by atoms with Crippen molar-refractivity contribution >= 4 is 0 Å². The minimum atomic E-state index is -0.0220.